The van der Waals surface area contributed by atoms with Crippen LogP contribution in [0.1, 0.15) is 28.7 Å². The molecule has 0 aliphatic heterocycles. The summed E-state index contributed by atoms with van der Waals surface area (Å²) in [5.74, 6) is 0.433. The van der Waals surface area contributed by atoms with Crippen molar-refractivity contribution in [3.05, 3.63) is 101 Å². The van der Waals surface area contributed by atoms with Crippen molar-refractivity contribution in [2.24, 2.45) is 0 Å². The highest BCUT2D eigenvalue weighted by atomic mass is 16.3. The molecule has 3 aromatic rings. The molecule has 3 aromatic carbocycles. The van der Waals surface area contributed by atoms with Crippen LogP contribution in [0.15, 0.2) is 78.9 Å². The van der Waals surface area contributed by atoms with Crippen molar-refractivity contribution in [3.63, 3.8) is 0 Å². The number of rotatable bonds is 7. The SMILES string of the molecule is Oc1cccc(CCCc2ccccc2)c1CCc1ccccc1. The van der Waals surface area contributed by atoms with Gasteiger partial charge in [-0.15, -0.1) is 0 Å². The monoisotopic (exact) mass is 316 g/mol. The number of phenolic OH excluding ortho intramolecular Hbond substituents is 1. The van der Waals surface area contributed by atoms with Crippen molar-refractivity contribution in [2.75, 3.05) is 0 Å². The third-order valence-electron chi connectivity index (χ3n) is 4.51. The summed E-state index contributed by atoms with van der Waals surface area (Å²) in [5, 5.41) is 10.3. The minimum atomic E-state index is 0.433. The molecule has 1 N–H and O–H groups in total. The third kappa shape index (κ3) is 4.48. The molecular formula is C23H24O. The average molecular weight is 316 g/mol. The van der Waals surface area contributed by atoms with Crippen LogP contribution in [0.3, 0.4) is 0 Å². The van der Waals surface area contributed by atoms with Crippen LogP contribution in [0.5, 0.6) is 5.75 Å². The van der Waals surface area contributed by atoms with Gasteiger partial charge in [-0.3, -0.25) is 0 Å². The predicted molar refractivity (Wildman–Crippen MR) is 100 cm³/mol. The quantitative estimate of drug-likeness (QED) is 0.622. The zero-order valence-electron chi connectivity index (χ0n) is 14.0. The summed E-state index contributed by atoms with van der Waals surface area (Å²) in [7, 11) is 0. The fourth-order valence-electron chi connectivity index (χ4n) is 3.19. The molecule has 0 saturated heterocycles. The summed E-state index contributed by atoms with van der Waals surface area (Å²) in [6, 6.07) is 27.0. The molecule has 0 heterocycles. The van der Waals surface area contributed by atoms with Crippen molar-refractivity contribution in [1.82, 2.24) is 0 Å². The molecule has 0 spiro atoms. The third-order valence-corrected chi connectivity index (χ3v) is 4.51. The molecule has 0 aliphatic rings. The zero-order valence-corrected chi connectivity index (χ0v) is 14.0. The minimum Gasteiger partial charge on any atom is -0.508 e. The van der Waals surface area contributed by atoms with Gasteiger partial charge in [-0.05, 0) is 60.4 Å². The van der Waals surface area contributed by atoms with Crippen LogP contribution in [0.4, 0.5) is 0 Å². The molecule has 0 saturated carbocycles. The second kappa shape index (κ2) is 8.35. The van der Waals surface area contributed by atoms with E-state index in [9.17, 15) is 5.11 Å². The molecule has 0 bridgehead atoms. The highest BCUT2D eigenvalue weighted by molar-refractivity contribution is 5.40. The molecule has 0 atom stereocenters. The van der Waals surface area contributed by atoms with Crippen LogP contribution in [0, 0.1) is 0 Å². The second-order valence-corrected chi connectivity index (χ2v) is 6.24. The van der Waals surface area contributed by atoms with Crippen molar-refractivity contribution >= 4 is 0 Å². The first kappa shape index (κ1) is 16.3. The van der Waals surface area contributed by atoms with E-state index in [1.807, 2.05) is 12.1 Å². The molecular weight excluding hydrogens is 292 g/mol. The molecule has 0 radical (unpaired) electrons. The van der Waals surface area contributed by atoms with Crippen LogP contribution in [-0.4, -0.2) is 5.11 Å². The zero-order chi connectivity index (χ0) is 16.6. The molecule has 122 valence electrons. The van der Waals surface area contributed by atoms with Gasteiger partial charge in [0.2, 0.25) is 0 Å². The number of hydrogen-bond acceptors (Lipinski definition) is 1. The summed E-state index contributed by atoms with van der Waals surface area (Å²) < 4.78 is 0. The minimum absolute atomic E-state index is 0.433. The van der Waals surface area contributed by atoms with E-state index in [4.69, 9.17) is 0 Å². The van der Waals surface area contributed by atoms with Gasteiger partial charge in [0.05, 0.1) is 0 Å². The van der Waals surface area contributed by atoms with Gasteiger partial charge >= 0.3 is 0 Å². The van der Waals surface area contributed by atoms with Gasteiger partial charge in [-0.25, -0.2) is 0 Å². The van der Waals surface area contributed by atoms with Crippen molar-refractivity contribution < 1.29 is 5.11 Å². The fourth-order valence-corrected chi connectivity index (χ4v) is 3.19. The smallest absolute Gasteiger partial charge is 0.119 e. The molecule has 1 heteroatoms. The number of hydrogen-bond donors (Lipinski definition) is 1. The van der Waals surface area contributed by atoms with Crippen LogP contribution >= 0.6 is 0 Å². The highest BCUT2D eigenvalue weighted by Crippen LogP contribution is 2.24. The van der Waals surface area contributed by atoms with E-state index in [-0.39, 0.29) is 0 Å². The summed E-state index contributed by atoms with van der Waals surface area (Å²) in [6.45, 7) is 0. The van der Waals surface area contributed by atoms with Crippen molar-refractivity contribution in [2.45, 2.75) is 32.1 Å². The van der Waals surface area contributed by atoms with Gasteiger partial charge in [0.15, 0.2) is 0 Å². The lowest BCUT2D eigenvalue weighted by Gasteiger charge is -2.12. The number of aryl methyl sites for hydroxylation is 3. The Morgan fingerprint density at radius 2 is 1.17 bits per heavy atom. The number of benzene rings is 3. The molecule has 24 heavy (non-hydrogen) atoms. The maximum atomic E-state index is 10.3. The Labute approximate surface area is 144 Å². The van der Waals surface area contributed by atoms with Crippen LogP contribution < -0.4 is 0 Å². The molecule has 0 unspecified atom stereocenters. The first-order valence-electron chi connectivity index (χ1n) is 8.70. The maximum Gasteiger partial charge on any atom is 0.119 e. The Morgan fingerprint density at radius 3 is 1.83 bits per heavy atom. The summed E-state index contributed by atoms with van der Waals surface area (Å²) >= 11 is 0. The maximum absolute atomic E-state index is 10.3. The van der Waals surface area contributed by atoms with E-state index in [0.29, 0.717) is 5.75 Å². The molecule has 0 aromatic heterocycles. The molecule has 0 aliphatic carbocycles. The van der Waals surface area contributed by atoms with Gasteiger partial charge in [-0.1, -0.05) is 72.8 Å². The summed E-state index contributed by atoms with van der Waals surface area (Å²) in [6.07, 6.45) is 5.04. The molecule has 3 rings (SSSR count). The van der Waals surface area contributed by atoms with Crippen LogP contribution in [-0.2, 0) is 25.7 Å². The van der Waals surface area contributed by atoms with Crippen molar-refractivity contribution in [3.8, 4) is 5.75 Å². The highest BCUT2D eigenvalue weighted by Gasteiger charge is 2.08. The van der Waals surface area contributed by atoms with Gasteiger partial charge in [0, 0.05) is 0 Å². The number of phenols is 1. The van der Waals surface area contributed by atoms with E-state index >= 15 is 0 Å². The van der Waals surface area contributed by atoms with Gasteiger partial charge in [0.1, 0.15) is 5.75 Å². The topological polar surface area (TPSA) is 20.2 Å². The lowest BCUT2D eigenvalue weighted by atomic mass is 9.95. The van der Waals surface area contributed by atoms with E-state index in [2.05, 4.69) is 60.7 Å². The fraction of sp³-hybridized carbons (Fsp3) is 0.217. The molecule has 0 amide bonds. The Hall–Kier alpha value is -2.54. The van der Waals surface area contributed by atoms with Crippen molar-refractivity contribution in [1.29, 1.82) is 0 Å². The standard InChI is InChI=1S/C23H24O/c24-23-16-8-15-21(14-7-13-19-9-3-1-4-10-19)22(23)18-17-20-11-5-2-6-12-20/h1-6,8-12,15-16,24H,7,13-14,17-18H2. The molecule has 1 nitrogen and oxygen atoms in total. The Bertz CT molecular complexity index is 748. The summed E-state index contributed by atoms with van der Waals surface area (Å²) in [4.78, 5) is 0. The first-order chi connectivity index (χ1) is 11.8. The average Bonchev–Trinajstić information content (AvgIpc) is 2.63. The normalized spacial score (nSPS) is 10.7. The predicted octanol–water partition coefficient (Wildman–Crippen LogP) is 5.35. The van der Waals surface area contributed by atoms with E-state index in [1.165, 1.54) is 16.7 Å². The molecule has 0 fully saturated rings. The Balaban J connectivity index is 1.63. The van der Waals surface area contributed by atoms with Gasteiger partial charge < -0.3 is 5.11 Å². The Morgan fingerprint density at radius 1 is 0.542 bits per heavy atom. The number of aromatic hydroxyl groups is 1. The van der Waals surface area contributed by atoms with Crippen LogP contribution in [0.25, 0.3) is 0 Å². The van der Waals surface area contributed by atoms with E-state index < -0.39 is 0 Å². The lowest BCUT2D eigenvalue weighted by Crippen LogP contribution is -1.99. The second-order valence-electron chi connectivity index (χ2n) is 6.24. The Kier molecular flexibility index (Phi) is 5.68. The van der Waals surface area contributed by atoms with E-state index in [1.54, 1.807) is 6.07 Å². The first-order valence-corrected chi connectivity index (χ1v) is 8.70. The van der Waals surface area contributed by atoms with E-state index in [0.717, 1.165) is 37.7 Å². The largest absolute Gasteiger partial charge is 0.508 e. The lowest BCUT2D eigenvalue weighted by molar-refractivity contribution is 0.466. The van der Waals surface area contributed by atoms with Crippen LogP contribution in [0.2, 0.25) is 0 Å². The van der Waals surface area contributed by atoms with Gasteiger partial charge in [0.25, 0.3) is 0 Å². The summed E-state index contributed by atoms with van der Waals surface area (Å²) in [5.41, 5.74) is 5.08. The van der Waals surface area contributed by atoms with Gasteiger partial charge in [-0.2, -0.15) is 0 Å².